The second-order valence-electron chi connectivity index (χ2n) is 3.71. The van der Waals surface area contributed by atoms with E-state index in [-0.39, 0.29) is 23.7 Å². The maximum Gasteiger partial charge on any atom is 0.381 e. The second kappa shape index (κ2) is 3.92. The topological polar surface area (TPSA) is 87.3 Å². The molecule has 1 saturated carbocycles. The van der Waals surface area contributed by atoms with Crippen LogP contribution in [-0.2, 0) is 9.53 Å². The predicted octanol–water partition coefficient (Wildman–Crippen LogP) is 0.915. The quantitative estimate of drug-likeness (QED) is 0.433. The summed E-state index contributed by atoms with van der Waals surface area (Å²) in [5.74, 6) is -0.679. The van der Waals surface area contributed by atoms with Gasteiger partial charge in [0, 0.05) is 0 Å². The number of esters is 1. The van der Waals surface area contributed by atoms with Crippen molar-refractivity contribution in [3.63, 3.8) is 0 Å². The first-order valence-corrected chi connectivity index (χ1v) is 4.89. The third kappa shape index (κ3) is 1.64. The minimum Gasteiger partial charge on any atom is -0.469 e. The fraction of sp³-hybridized carbons (Fsp3) is 0.556. The van der Waals surface area contributed by atoms with Gasteiger partial charge in [-0.25, -0.2) is 0 Å². The average Bonchev–Trinajstić information content (AvgIpc) is 2.65. The highest BCUT2D eigenvalue weighted by molar-refractivity contribution is 5.73. The van der Waals surface area contributed by atoms with E-state index < -0.39 is 4.92 Å². The van der Waals surface area contributed by atoms with Crippen LogP contribution in [0, 0.1) is 16.0 Å². The third-order valence-corrected chi connectivity index (χ3v) is 2.90. The Morgan fingerprint density at radius 3 is 2.88 bits per heavy atom. The minimum absolute atomic E-state index is 0.0614. The van der Waals surface area contributed by atoms with Crippen molar-refractivity contribution in [2.45, 2.75) is 18.9 Å². The summed E-state index contributed by atoms with van der Waals surface area (Å²) in [5, 5.41) is 10.5. The summed E-state index contributed by atoms with van der Waals surface area (Å²) >= 11 is 0. The molecule has 2 rings (SSSR count). The molecule has 2 unspecified atom stereocenters. The number of ether oxygens (including phenoxy) is 1. The van der Waals surface area contributed by atoms with Crippen LogP contribution in [0.4, 0.5) is 5.82 Å². The van der Waals surface area contributed by atoms with Gasteiger partial charge < -0.3 is 19.4 Å². The molecule has 0 aromatic carbocycles. The molecule has 0 spiro atoms. The van der Waals surface area contributed by atoms with Gasteiger partial charge in [-0.1, -0.05) is 0 Å². The van der Waals surface area contributed by atoms with Crippen molar-refractivity contribution >= 4 is 11.8 Å². The van der Waals surface area contributed by atoms with Gasteiger partial charge in [0.1, 0.15) is 6.20 Å². The zero-order valence-electron chi connectivity index (χ0n) is 8.70. The Morgan fingerprint density at radius 2 is 2.44 bits per heavy atom. The van der Waals surface area contributed by atoms with Crippen LogP contribution in [0.2, 0.25) is 0 Å². The van der Waals surface area contributed by atoms with Gasteiger partial charge in [-0.05, 0) is 22.7 Å². The van der Waals surface area contributed by atoms with E-state index in [1.54, 1.807) is 4.57 Å². The van der Waals surface area contributed by atoms with E-state index in [9.17, 15) is 14.9 Å². The first-order valence-electron chi connectivity index (χ1n) is 4.89. The number of hydrogen-bond acceptors (Lipinski definition) is 5. The number of nitro groups is 1. The monoisotopic (exact) mass is 225 g/mol. The molecule has 7 heteroatoms. The molecule has 1 heterocycles. The standard InChI is InChI=1S/C9H11N3O4/c1-16-9(13)6-2-3-7(6)11-4-8(10-5-11)12(14)15/h4-7H,2-3H2,1H3. The Labute approximate surface area is 91.2 Å². The van der Waals surface area contributed by atoms with Crippen LogP contribution in [0.15, 0.2) is 12.5 Å². The van der Waals surface area contributed by atoms with Gasteiger partial charge in [0.05, 0.1) is 19.1 Å². The van der Waals surface area contributed by atoms with E-state index in [2.05, 4.69) is 9.72 Å². The summed E-state index contributed by atoms with van der Waals surface area (Å²) in [6, 6.07) is -0.0614. The number of carbonyl (C=O) groups is 1. The lowest BCUT2D eigenvalue weighted by molar-refractivity contribution is -0.389. The Kier molecular flexibility index (Phi) is 2.59. The molecule has 0 radical (unpaired) electrons. The van der Waals surface area contributed by atoms with Crippen molar-refractivity contribution in [2.75, 3.05) is 7.11 Å². The van der Waals surface area contributed by atoms with Crippen LogP contribution < -0.4 is 0 Å². The van der Waals surface area contributed by atoms with Gasteiger partial charge in [-0.2, -0.15) is 0 Å². The summed E-state index contributed by atoms with van der Waals surface area (Å²) in [6.45, 7) is 0. The van der Waals surface area contributed by atoms with Crippen molar-refractivity contribution in [3.8, 4) is 0 Å². The lowest BCUT2D eigenvalue weighted by Crippen LogP contribution is -2.35. The molecule has 7 nitrogen and oxygen atoms in total. The first kappa shape index (κ1) is 10.6. The van der Waals surface area contributed by atoms with Gasteiger partial charge in [-0.3, -0.25) is 4.79 Å². The molecule has 1 fully saturated rings. The maximum absolute atomic E-state index is 11.3. The van der Waals surface area contributed by atoms with Gasteiger partial charge in [-0.15, -0.1) is 0 Å². The molecular weight excluding hydrogens is 214 g/mol. The molecule has 0 bridgehead atoms. The summed E-state index contributed by atoms with van der Waals surface area (Å²) < 4.78 is 6.27. The van der Waals surface area contributed by atoms with Crippen molar-refractivity contribution in [1.82, 2.24) is 9.55 Å². The second-order valence-corrected chi connectivity index (χ2v) is 3.71. The Hall–Kier alpha value is -1.92. The van der Waals surface area contributed by atoms with Gasteiger partial charge >= 0.3 is 11.8 Å². The third-order valence-electron chi connectivity index (χ3n) is 2.90. The average molecular weight is 225 g/mol. The SMILES string of the molecule is COC(=O)C1CCC1n1cnc([N+](=O)[O-])c1. The lowest BCUT2D eigenvalue weighted by Gasteiger charge is -2.34. The molecule has 1 aromatic rings. The molecule has 86 valence electrons. The number of hydrogen-bond donors (Lipinski definition) is 0. The van der Waals surface area contributed by atoms with Crippen LogP contribution in [0.5, 0.6) is 0 Å². The molecular formula is C9H11N3O4. The molecule has 0 N–H and O–H groups in total. The predicted molar refractivity (Wildman–Crippen MR) is 52.7 cm³/mol. The summed E-state index contributed by atoms with van der Waals surface area (Å²) in [6.07, 6.45) is 4.30. The Morgan fingerprint density at radius 1 is 1.69 bits per heavy atom. The fourth-order valence-electron chi connectivity index (χ4n) is 1.87. The van der Waals surface area contributed by atoms with E-state index in [4.69, 9.17) is 0 Å². The van der Waals surface area contributed by atoms with E-state index in [1.807, 2.05) is 0 Å². The molecule has 16 heavy (non-hydrogen) atoms. The number of imidazole rings is 1. The molecule has 1 aliphatic carbocycles. The van der Waals surface area contributed by atoms with Gasteiger partial charge in [0.15, 0.2) is 0 Å². The molecule has 1 aromatic heterocycles. The largest absolute Gasteiger partial charge is 0.469 e. The maximum atomic E-state index is 11.3. The zero-order chi connectivity index (χ0) is 11.7. The number of aromatic nitrogens is 2. The summed E-state index contributed by atoms with van der Waals surface area (Å²) in [4.78, 5) is 24.9. The number of nitrogens with zero attached hydrogens (tertiary/aromatic N) is 3. The molecule has 0 aliphatic heterocycles. The van der Waals surface area contributed by atoms with Crippen molar-refractivity contribution in [2.24, 2.45) is 5.92 Å². The van der Waals surface area contributed by atoms with Crippen LogP contribution in [0.1, 0.15) is 18.9 Å². The Balaban J connectivity index is 2.12. The number of carbonyl (C=O) groups excluding carboxylic acids is 1. The Bertz CT molecular complexity index is 428. The van der Waals surface area contributed by atoms with Crippen LogP contribution in [-0.4, -0.2) is 27.6 Å². The van der Waals surface area contributed by atoms with E-state index in [0.29, 0.717) is 0 Å². The normalized spacial score (nSPS) is 23.6. The lowest BCUT2D eigenvalue weighted by atomic mass is 9.79. The van der Waals surface area contributed by atoms with E-state index >= 15 is 0 Å². The summed E-state index contributed by atoms with van der Waals surface area (Å²) in [7, 11) is 1.34. The van der Waals surface area contributed by atoms with Crippen LogP contribution in [0.25, 0.3) is 0 Å². The van der Waals surface area contributed by atoms with Gasteiger partial charge in [0.25, 0.3) is 0 Å². The van der Waals surface area contributed by atoms with E-state index in [0.717, 1.165) is 12.8 Å². The summed E-state index contributed by atoms with van der Waals surface area (Å²) in [5.41, 5.74) is 0. The van der Waals surface area contributed by atoms with Gasteiger partial charge in [0.2, 0.25) is 6.33 Å². The highest BCUT2D eigenvalue weighted by Gasteiger charge is 2.39. The number of methoxy groups -OCH3 is 1. The molecule has 2 atom stereocenters. The number of rotatable bonds is 3. The highest BCUT2D eigenvalue weighted by Crippen LogP contribution is 2.39. The smallest absolute Gasteiger partial charge is 0.381 e. The zero-order valence-corrected chi connectivity index (χ0v) is 8.70. The van der Waals surface area contributed by atoms with Crippen molar-refractivity contribution in [3.05, 3.63) is 22.6 Å². The fourth-order valence-corrected chi connectivity index (χ4v) is 1.87. The minimum atomic E-state index is -0.553. The first-order chi connectivity index (χ1) is 7.63. The van der Waals surface area contributed by atoms with Crippen molar-refractivity contribution < 1.29 is 14.5 Å². The molecule has 0 amide bonds. The van der Waals surface area contributed by atoms with Crippen LogP contribution >= 0.6 is 0 Å². The molecule has 0 saturated heterocycles. The van der Waals surface area contributed by atoms with E-state index in [1.165, 1.54) is 19.6 Å². The van der Waals surface area contributed by atoms with Crippen molar-refractivity contribution in [1.29, 1.82) is 0 Å². The van der Waals surface area contributed by atoms with Crippen LogP contribution in [0.3, 0.4) is 0 Å². The molecule has 1 aliphatic rings. The highest BCUT2D eigenvalue weighted by atomic mass is 16.6.